The molecule has 1 fully saturated rings. The van der Waals surface area contributed by atoms with Crippen molar-refractivity contribution in [3.8, 4) is 0 Å². The van der Waals surface area contributed by atoms with Crippen molar-refractivity contribution < 1.29 is 5.11 Å². The minimum Gasteiger partial charge on any atom is -0.396 e. The van der Waals surface area contributed by atoms with Crippen LogP contribution in [0.3, 0.4) is 0 Å². The first kappa shape index (κ1) is 10.0. The van der Waals surface area contributed by atoms with Gasteiger partial charge in [-0.05, 0) is 32.2 Å². The summed E-state index contributed by atoms with van der Waals surface area (Å²) in [6, 6.07) is 0.836. The van der Waals surface area contributed by atoms with E-state index in [1.54, 1.807) is 0 Å². The standard InChI is InChI=1S/C10H21NO/c12-9-4-2-1-3-8-11-10-6-5-7-10/h10-12H,1-9H2. The van der Waals surface area contributed by atoms with Gasteiger partial charge in [0, 0.05) is 12.6 Å². The second-order valence-corrected chi connectivity index (χ2v) is 3.72. The first-order valence-corrected chi connectivity index (χ1v) is 5.27. The lowest BCUT2D eigenvalue weighted by Crippen LogP contribution is -2.35. The lowest BCUT2D eigenvalue weighted by atomic mass is 9.93. The van der Waals surface area contributed by atoms with Gasteiger partial charge in [0.2, 0.25) is 0 Å². The Morgan fingerprint density at radius 1 is 1.08 bits per heavy atom. The van der Waals surface area contributed by atoms with Gasteiger partial charge in [0.05, 0.1) is 0 Å². The molecule has 1 aliphatic carbocycles. The van der Waals surface area contributed by atoms with Crippen LogP contribution in [0.15, 0.2) is 0 Å². The summed E-state index contributed by atoms with van der Waals surface area (Å²) < 4.78 is 0. The van der Waals surface area contributed by atoms with Crippen LogP contribution in [0.25, 0.3) is 0 Å². The van der Waals surface area contributed by atoms with Crippen LogP contribution in [-0.2, 0) is 0 Å². The van der Waals surface area contributed by atoms with Gasteiger partial charge in [-0.3, -0.25) is 0 Å². The van der Waals surface area contributed by atoms with Gasteiger partial charge in [-0.1, -0.05) is 19.3 Å². The van der Waals surface area contributed by atoms with Crippen molar-refractivity contribution in [2.24, 2.45) is 0 Å². The fourth-order valence-corrected chi connectivity index (χ4v) is 1.51. The maximum atomic E-state index is 8.54. The van der Waals surface area contributed by atoms with Gasteiger partial charge in [0.15, 0.2) is 0 Å². The van der Waals surface area contributed by atoms with Crippen LogP contribution in [0, 0.1) is 0 Å². The summed E-state index contributed by atoms with van der Waals surface area (Å²) in [7, 11) is 0. The Hall–Kier alpha value is -0.0800. The molecule has 72 valence electrons. The van der Waals surface area contributed by atoms with E-state index in [1.165, 1.54) is 45.1 Å². The van der Waals surface area contributed by atoms with Crippen LogP contribution in [0.5, 0.6) is 0 Å². The Bertz CT molecular complexity index is 102. The van der Waals surface area contributed by atoms with Crippen molar-refractivity contribution in [3.05, 3.63) is 0 Å². The Morgan fingerprint density at radius 2 is 1.83 bits per heavy atom. The predicted molar refractivity (Wildman–Crippen MR) is 51.2 cm³/mol. The fraction of sp³-hybridized carbons (Fsp3) is 1.00. The molecule has 2 N–H and O–H groups in total. The maximum Gasteiger partial charge on any atom is 0.0431 e. The minimum absolute atomic E-state index is 0.357. The third kappa shape index (κ3) is 4.07. The Morgan fingerprint density at radius 3 is 2.42 bits per heavy atom. The molecule has 0 bridgehead atoms. The molecule has 1 aliphatic rings. The summed E-state index contributed by atoms with van der Waals surface area (Å²) in [5.41, 5.74) is 0. The van der Waals surface area contributed by atoms with Crippen LogP contribution < -0.4 is 5.32 Å². The predicted octanol–water partition coefficient (Wildman–Crippen LogP) is 1.68. The normalized spacial score (nSPS) is 17.8. The smallest absolute Gasteiger partial charge is 0.0431 e. The maximum absolute atomic E-state index is 8.54. The minimum atomic E-state index is 0.357. The molecule has 0 radical (unpaired) electrons. The third-order valence-corrected chi connectivity index (χ3v) is 2.62. The van der Waals surface area contributed by atoms with E-state index in [0.29, 0.717) is 6.61 Å². The molecule has 1 saturated carbocycles. The highest BCUT2D eigenvalue weighted by molar-refractivity contribution is 4.75. The third-order valence-electron chi connectivity index (χ3n) is 2.62. The zero-order chi connectivity index (χ0) is 8.65. The van der Waals surface area contributed by atoms with E-state index in [0.717, 1.165) is 12.5 Å². The molecule has 0 unspecified atom stereocenters. The SMILES string of the molecule is OCCCCCCNC1CCC1. The van der Waals surface area contributed by atoms with Crippen LogP contribution in [0.2, 0.25) is 0 Å². The lowest BCUT2D eigenvalue weighted by Gasteiger charge is -2.26. The Kier molecular flexibility index (Phi) is 5.37. The number of aliphatic hydroxyl groups excluding tert-OH is 1. The quantitative estimate of drug-likeness (QED) is 0.571. The van der Waals surface area contributed by atoms with Crippen molar-refractivity contribution >= 4 is 0 Å². The van der Waals surface area contributed by atoms with E-state index in [2.05, 4.69) is 5.32 Å². The summed E-state index contributed by atoms with van der Waals surface area (Å²) in [5, 5.41) is 12.1. The molecule has 0 saturated heterocycles. The van der Waals surface area contributed by atoms with E-state index in [9.17, 15) is 0 Å². The number of hydrogen-bond acceptors (Lipinski definition) is 2. The molecule has 0 amide bonds. The molecule has 1 rings (SSSR count). The fourth-order valence-electron chi connectivity index (χ4n) is 1.51. The largest absolute Gasteiger partial charge is 0.396 e. The second kappa shape index (κ2) is 6.44. The summed E-state index contributed by atoms with van der Waals surface area (Å²) in [6.45, 7) is 1.53. The molecule has 0 atom stereocenters. The number of aliphatic hydroxyl groups is 1. The summed E-state index contributed by atoms with van der Waals surface area (Å²) >= 11 is 0. The molecule has 0 aromatic carbocycles. The van der Waals surface area contributed by atoms with E-state index < -0.39 is 0 Å². The number of rotatable bonds is 7. The molecule has 0 aromatic heterocycles. The highest BCUT2D eigenvalue weighted by atomic mass is 16.2. The van der Waals surface area contributed by atoms with Gasteiger partial charge in [-0.2, -0.15) is 0 Å². The van der Waals surface area contributed by atoms with Gasteiger partial charge in [0.1, 0.15) is 0 Å². The van der Waals surface area contributed by atoms with E-state index >= 15 is 0 Å². The van der Waals surface area contributed by atoms with Crippen LogP contribution in [-0.4, -0.2) is 24.3 Å². The first-order valence-electron chi connectivity index (χ1n) is 5.27. The van der Waals surface area contributed by atoms with Crippen molar-refractivity contribution in [2.75, 3.05) is 13.2 Å². The van der Waals surface area contributed by atoms with Crippen molar-refractivity contribution in [3.63, 3.8) is 0 Å². The van der Waals surface area contributed by atoms with Crippen molar-refractivity contribution in [1.82, 2.24) is 5.32 Å². The summed E-state index contributed by atoms with van der Waals surface area (Å²) in [5.74, 6) is 0. The van der Waals surface area contributed by atoms with Gasteiger partial charge in [-0.15, -0.1) is 0 Å². The topological polar surface area (TPSA) is 32.3 Å². The molecule has 12 heavy (non-hydrogen) atoms. The lowest BCUT2D eigenvalue weighted by molar-refractivity contribution is 0.281. The Balaban J connectivity index is 1.70. The summed E-state index contributed by atoms with van der Waals surface area (Å²) in [4.78, 5) is 0. The van der Waals surface area contributed by atoms with E-state index in [-0.39, 0.29) is 0 Å². The van der Waals surface area contributed by atoms with Crippen molar-refractivity contribution in [1.29, 1.82) is 0 Å². The molecule has 0 aromatic rings. The molecular weight excluding hydrogens is 150 g/mol. The molecule has 0 spiro atoms. The van der Waals surface area contributed by atoms with E-state index in [4.69, 9.17) is 5.11 Å². The molecule has 0 heterocycles. The monoisotopic (exact) mass is 171 g/mol. The van der Waals surface area contributed by atoms with Gasteiger partial charge in [-0.25, -0.2) is 0 Å². The van der Waals surface area contributed by atoms with Gasteiger partial charge >= 0.3 is 0 Å². The van der Waals surface area contributed by atoms with Crippen molar-refractivity contribution in [2.45, 2.75) is 51.0 Å². The molecule has 2 heteroatoms. The van der Waals surface area contributed by atoms with Gasteiger partial charge in [0.25, 0.3) is 0 Å². The molecule has 0 aliphatic heterocycles. The van der Waals surface area contributed by atoms with Gasteiger partial charge < -0.3 is 10.4 Å². The zero-order valence-corrected chi connectivity index (χ0v) is 7.89. The first-order chi connectivity index (χ1) is 5.93. The number of nitrogens with one attached hydrogen (secondary N) is 1. The molecule has 2 nitrogen and oxygen atoms in total. The zero-order valence-electron chi connectivity index (χ0n) is 7.89. The number of hydrogen-bond donors (Lipinski definition) is 2. The van der Waals surface area contributed by atoms with Crippen LogP contribution in [0.4, 0.5) is 0 Å². The highest BCUT2D eigenvalue weighted by Gasteiger charge is 2.15. The summed E-state index contributed by atoms with van der Waals surface area (Å²) in [6.07, 6.45) is 8.89. The van der Waals surface area contributed by atoms with Crippen LogP contribution in [0.1, 0.15) is 44.9 Å². The van der Waals surface area contributed by atoms with Crippen LogP contribution >= 0.6 is 0 Å². The average Bonchev–Trinajstić information content (AvgIpc) is 2.00. The Labute approximate surface area is 75.4 Å². The highest BCUT2D eigenvalue weighted by Crippen LogP contribution is 2.17. The average molecular weight is 171 g/mol. The molecular formula is C10H21NO. The number of unbranched alkanes of at least 4 members (excludes halogenated alkanes) is 3. The second-order valence-electron chi connectivity index (χ2n) is 3.72. The van der Waals surface area contributed by atoms with E-state index in [1.807, 2.05) is 0 Å².